The summed E-state index contributed by atoms with van der Waals surface area (Å²) in [6, 6.07) is 9.41. The zero-order chi connectivity index (χ0) is 23.4. The highest BCUT2D eigenvalue weighted by atomic mass is 19.3. The minimum atomic E-state index is -3.36. The summed E-state index contributed by atoms with van der Waals surface area (Å²) in [6.45, 7) is 0.245. The number of benzene rings is 1. The molecule has 1 amide bonds. The van der Waals surface area contributed by atoms with Crippen LogP contribution in [0.2, 0.25) is 0 Å². The van der Waals surface area contributed by atoms with E-state index in [0.717, 1.165) is 32.1 Å². The first-order chi connectivity index (χ1) is 15.3. The zero-order valence-electron chi connectivity index (χ0n) is 18.8. The van der Waals surface area contributed by atoms with Crippen LogP contribution >= 0.6 is 0 Å². The molecule has 1 saturated heterocycles. The second-order valence-electron chi connectivity index (χ2n) is 8.40. The predicted molar refractivity (Wildman–Crippen MR) is 119 cm³/mol. The van der Waals surface area contributed by atoms with Gasteiger partial charge in [-0.3, -0.25) is 9.59 Å². The van der Waals surface area contributed by atoms with Crippen LogP contribution in [-0.4, -0.2) is 53.6 Å². The Kier molecular flexibility index (Phi) is 10.8. The molecule has 7 heteroatoms. The van der Waals surface area contributed by atoms with Crippen molar-refractivity contribution in [2.45, 2.75) is 82.3 Å². The fraction of sp³-hybridized carbons (Fsp3) is 0.600. The standard InChI is InChI=1S/C25H35F2NO4/c1-32-23(30)15-7-2-3-10-18-28-21(19-25(26,27)24(28)31)16-17-22(29)14-9-8-13-20-11-5-4-6-12-20/h4-6,11-12,16-17,21-22,29H,2-3,7-10,13-15,18-19H2,1H3/t21-,22?/m0/s1. The van der Waals surface area contributed by atoms with Gasteiger partial charge in [0.05, 0.1) is 19.3 Å². The van der Waals surface area contributed by atoms with Crippen LogP contribution in [0, 0.1) is 0 Å². The maximum atomic E-state index is 14.0. The number of ether oxygens (including phenoxy) is 1. The van der Waals surface area contributed by atoms with Crippen molar-refractivity contribution in [2.75, 3.05) is 13.7 Å². The summed E-state index contributed by atoms with van der Waals surface area (Å²) < 4.78 is 32.6. The molecule has 2 atom stereocenters. The number of carbonyl (C=O) groups is 2. The minimum absolute atomic E-state index is 0.245. The number of hydrogen-bond acceptors (Lipinski definition) is 4. The molecule has 1 aliphatic heterocycles. The van der Waals surface area contributed by atoms with Gasteiger partial charge in [-0.1, -0.05) is 61.7 Å². The average molecular weight is 452 g/mol. The summed E-state index contributed by atoms with van der Waals surface area (Å²) in [7, 11) is 1.34. The normalized spacial score (nSPS) is 18.9. The molecule has 1 unspecified atom stereocenters. The van der Waals surface area contributed by atoms with E-state index in [2.05, 4.69) is 16.9 Å². The van der Waals surface area contributed by atoms with Gasteiger partial charge in [-0.05, 0) is 37.7 Å². The first-order valence-electron chi connectivity index (χ1n) is 11.5. The van der Waals surface area contributed by atoms with Crippen molar-refractivity contribution < 1.29 is 28.2 Å². The third kappa shape index (κ3) is 8.69. The summed E-state index contributed by atoms with van der Waals surface area (Å²) in [6.07, 6.45) is 8.23. The van der Waals surface area contributed by atoms with Crippen LogP contribution in [0.4, 0.5) is 8.78 Å². The van der Waals surface area contributed by atoms with Crippen molar-refractivity contribution in [3.8, 4) is 0 Å². The van der Waals surface area contributed by atoms with Gasteiger partial charge in [0.15, 0.2) is 0 Å². The number of carbonyl (C=O) groups excluding carboxylic acids is 2. The van der Waals surface area contributed by atoms with Gasteiger partial charge < -0.3 is 14.7 Å². The first kappa shape index (κ1) is 26.0. The van der Waals surface area contributed by atoms with E-state index in [1.165, 1.54) is 17.6 Å². The number of nitrogens with zero attached hydrogens (tertiary/aromatic N) is 1. The van der Waals surface area contributed by atoms with Crippen molar-refractivity contribution in [3.05, 3.63) is 48.0 Å². The Balaban J connectivity index is 1.73. The molecule has 32 heavy (non-hydrogen) atoms. The number of esters is 1. The van der Waals surface area contributed by atoms with Gasteiger partial charge in [0, 0.05) is 19.4 Å². The molecule has 1 N–H and O–H groups in total. The Labute approximate surface area is 189 Å². The van der Waals surface area contributed by atoms with Crippen LogP contribution in [0.15, 0.2) is 42.5 Å². The Morgan fingerprint density at radius 3 is 2.62 bits per heavy atom. The minimum Gasteiger partial charge on any atom is -0.469 e. The summed E-state index contributed by atoms with van der Waals surface area (Å²) in [5.41, 5.74) is 1.25. The van der Waals surface area contributed by atoms with E-state index in [-0.39, 0.29) is 12.5 Å². The number of aliphatic hydroxyl groups is 1. The predicted octanol–water partition coefficient (Wildman–Crippen LogP) is 4.68. The molecule has 1 aliphatic rings. The summed E-state index contributed by atoms with van der Waals surface area (Å²) in [5.74, 6) is -4.76. The third-order valence-electron chi connectivity index (χ3n) is 5.81. The molecule has 1 aromatic carbocycles. The van der Waals surface area contributed by atoms with Crippen LogP contribution < -0.4 is 0 Å². The van der Waals surface area contributed by atoms with Gasteiger partial charge in [0.1, 0.15) is 0 Å². The summed E-state index contributed by atoms with van der Waals surface area (Å²) >= 11 is 0. The number of methoxy groups -OCH3 is 1. The number of amides is 1. The Bertz CT molecular complexity index is 739. The lowest BCUT2D eigenvalue weighted by molar-refractivity contribution is -0.148. The van der Waals surface area contributed by atoms with E-state index < -0.39 is 30.4 Å². The molecular weight excluding hydrogens is 416 g/mol. The second kappa shape index (κ2) is 13.3. The molecule has 0 aliphatic carbocycles. The molecule has 0 bridgehead atoms. The molecule has 0 radical (unpaired) electrons. The largest absolute Gasteiger partial charge is 0.469 e. The van der Waals surface area contributed by atoms with E-state index in [4.69, 9.17) is 0 Å². The van der Waals surface area contributed by atoms with E-state index in [0.29, 0.717) is 25.7 Å². The SMILES string of the molecule is COC(=O)CCCCCCN1C(=O)C(F)(F)C[C@@H]1C=CC(O)CCCCc1ccccc1. The number of hydrogen-bond donors (Lipinski definition) is 1. The third-order valence-corrected chi connectivity index (χ3v) is 5.81. The monoisotopic (exact) mass is 451 g/mol. The van der Waals surface area contributed by atoms with Crippen LogP contribution in [0.5, 0.6) is 0 Å². The van der Waals surface area contributed by atoms with E-state index in [9.17, 15) is 23.5 Å². The van der Waals surface area contributed by atoms with Crippen molar-refractivity contribution in [1.82, 2.24) is 4.90 Å². The van der Waals surface area contributed by atoms with Crippen molar-refractivity contribution in [1.29, 1.82) is 0 Å². The Hall–Kier alpha value is -2.28. The van der Waals surface area contributed by atoms with E-state index in [1.807, 2.05) is 18.2 Å². The van der Waals surface area contributed by atoms with Crippen LogP contribution in [0.25, 0.3) is 0 Å². The number of halogens is 2. The van der Waals surface area contributed by atoms with Crippen LogP contribution in [0.3, 0.4) is 0 Å². The van der Waals surface area contributed by atoms with Gasteiger partial charge in [-0.15, -0.1) is 0 Å². The lowest BCUT2D eigenvalue weighted by atomic mass is 10.0. The lowest BCUT2D eigenvalue weighted by Gasteiger charge is -2.22. The molecule has 0 aromatic heterocycles. The number of alkyl halides is 2. The number of rotatable bonds is 14. The topological polar surface area (TPSA) is 66.8 Å². The van der Waals surface area contributed by atoms with Gasteiger partial charge >= 0.3 is 11.9 Å². The van der Waals surface area contributed by atoms with Gasteiger partial charge in [0.25, 0.3) is 5.91 Å². The second-order valence-corrected chi connectivity index (χ2v) is 8.40. The lowest BCUT2D eigenvalue weighted by Crippen LogP contribution is -2.36. The fourth-order valence-electron chi connectivity index (χ4n) is 3.95. The molecule has 178 valence electrons. The molecule has 1 aromatic rings. The molecule has 5 nitrogen and oxygen atoms in total. The quantitative estimate of drug-likeness (QED) is 0.253. The summed E-state index contributed by atoms with van der Waals surface area (Å²) in [5, 5.41) is 10.2. The van der Waals surface area contributed by atoms with Gasteiger partial charge in [0.2, 0.25) is 0 Å². The maximum Gasteiger partial charge on any atom is 0.327 e. The highest BCUT2D eigenvalue weighted by Gasteiger charge is 2.52. The fourth-order valence-corrected chi connectivity index (χ4v) is 3.95. The first-order valence-corrected chi connectivity index (χ1v) is 11.5. The van der Waals surface area contributed by atoms with E-state index in [1.54, 1.807) is 12.2 Å². The van der Waals surface area contributed by atoms with E-state index >= 15 is 0 Å². The highest BCUT2D eigenvalue weighted by molar-refractivity contribution is 5.86. The van der Waals surface area contributed by atoms with Gasteiger partial charge in [-0.25, -0.2) is 0 Å². The maximum absolute atomic E-state index is 14.0. The van der Waals surface area contributed by atoms with Crippen molar-refractivity contribution in [3.63, 3.8) is 0 Å². The number of unbranched alkanes of at least 4 members (excludes halogenated alkanes) is 4. The highest BCUT2D eigenvalue weighted by Crippen LogP contribution is 2.34. The van der Waals surface area contributed by atoms with Crippen molar-refractivity contribution in [2.24, 2.45) is 0 Å². The van der Waals surface area contributed by atoms with Crippen molar-refractivity contribution >= 4 is 11.9 Å². The molecular formula is C25H35F2NO4. The number of aryl methyl sites for hydroxylation is 1. The zero-order valence-corrected chi connectivity index (χ0v) is 18.8. The smallest absolute Gasteiger partial charge is 0.327 e. The molecule has 0 saturated carbocycles. The number of aliphatic hydroxyl groups excluding tert-OH is 1. The molecule has 1 fully saturated rings. The van der Waals surface area contributed by atoms with Crippen LogP contribution in [0.1, 0.15) is 63.4 Å². The molecule has 1 heterocycles. The summed E-state index contributed by atoms with van der Waals surface area (Å²) in [4.78, 5) is 24.4. The average Bonchev–Trinajstić information content (AvgIpc) is 3.00. The number of likely N-dealkylation sites (tertiary alicyclic amines) is 1. The Morgan fingerprint density at radius 1 is 1.19 bits per heavy atom. The van der Waals surface area contributed by atoms with Gasteiger partial charge in [-0.2, -0.15) is 8.78 Å². The van der Waals surface area contributed by atoms with Crippen LogP contribution in [-0.2, 0) is 20.7 Å². The Morgan fingerprint density at radius 2 is 1.91 bits per heavy atom. The molecule has 2 rings (SSSR count). The molecule has 0 spiro atoms.